The normalized spacial score (nSPS) is 20.1. The van der Waals surface area contributed by atoms with Crippen molar-refractivity contribution >= 4 is 67.8 Å². The zero-order chi connectivity index (χ0) is 29.8. The van der Waals surface area contributed by atoms with Gasteiger partial charge in [0.15, 0.2) is 29.7 Å². The summed E-state index contributed by atoms with van der Waals surface area (Å²) in [5, 5.41) is 6.51. The Morgan fingerprint density at radius 1 is 1.00 bits per heavy atom. The summed E-state index contributed by atoms with van der Waals surface area (Å²) in [6, 6.07) is 12.3. The minimum Gasteiger partial charge on any atom is -0.456 e. The van der Waals surface area contributed by atoms with Gasteiger partial charge in [-0.15, -0.1) is 0 Å². The Labute approximate surface area is 248 Å². The Hall–Kier alpha value is -3.88. The summed E-state index contributed by atoms with van der Waals surface area (Å²) in [6.07, 6.45) is -4.33. The molecule has 1 aliphatic heterocycles. The lowest BCUT2D eigenvalue weighted by Gasteiger charge is -2.40. The molecule has 3 aromatic rings. The maximum atomic E-state index is 13.2. The van der Waals surface area contributed by atoms with E-state index in [0.29, 0.717) is 28.1 Å². The minimum absolute atomic E-state index is 0.109. The van der Waals surface area contributed by atoms with E-state index in [0.717, 1.165) is 4.47 Å². The molecule has 2 aromatic carbocycles. The monoisotopic (exact) mass is 646 g/mol. The summed E-state index contributed by atoms with van der Waals surface area (Å²) in [6.45, 7) is 5.19. The molecule has 0 aliphatic carbocycles. The highest BCUT2D eigenvalue weighted by Gasteiger charge is 2.47. The minimum atomic E-state index is -1.17. The predicted octanol–water partition coefficient (Wildman–Crippen LogP) is 2.89. The molecule has 4 rings (SSSR count). The molecule has 1 fully saturated rings. The molecular formula is C27H27BrN4O8S. The second-order valence-corrected chi connectivity index (χ2v) is 10.5. The number of thiocarbonyl (C=S) groups is 1. The smallest absolute Gasteiger partial charge is 0.303 e. The van der Waals surface area contributed by atoms with E-state index in [2.05, 4.69) is 31.5 Å². The first-order chi connectivity index (χ1) is 19.4. The molecule has 0 saturated carbocycles. The molecule has 0 spiro atoms. The number of halogens is 1. The van der Waals surface area contributed by atoms with Crippen LogP contribution in [-0.2, 0) is 33.3 Å². The van der Waals surface area contributed by atoms with Gasteiger partial charge in [0.1, 0.15) is 5.82 Å². The Morgan fingerprint density at radius 2 is 1.63 bits per heavy atom. The fourth-order valence-corrected chi connectivity index (χ4v) is 5.02. The lowest BCUT2D eigenvalue weighted by molar-refractivity contribution is -0.227. The molecule has 0 bridgehead atoms. The van der Waals surface area contributed by atoms with Crippen molar-refractivity contribution in [2.75, 3.05) is 11.9 Å². The quantitative estimate of drug-likeness (QED) is 0.230. The Kier molecular flexibility index (Phi) is 9.35. The van der Waals surface area contributed by atoms with Crippen LogP contribution in [-0.4, -0.2) is 63.7 Å². The molecular weight excluding hydrogens is 620 g/mol. The SMILES string of the molecule is CC(=O)O[C@@H]1[C@@H](OC(C)=O)[C@H](OC(C)=O)CO[C@H]1NC(=S)Nc1ccc(-n2c(C)nc3ccc(Br)cc3c2=O)cc1. The summed E-state index contributed by atoms with van der Waals surface area (Å²) in [5.41, 5.74) is 1.60. The molecule has 41 heavy (non-hydrogen) atoms. The molecule has 1 aliphatic rings. The van der Waals surface area contributed by atoms with Crippen molar-refractivity contribution in [2.24, 2.45) is 0 Å². The van der Waals surface area contributed by atoms with Gasteiger partial charge < -0.3 is 29.6 Å². The van der Waals surface area contributed by atoms with Crippen LogP contribution >= 0.6 is 28.1 Å². The first-order valence-corrected chi connectivity index (χ1v) is 13.6. The second-order valence-electron chi connectivity index (χ2n) is 9.16. The van der Waals surface area contributed by atoms with E-state index in [1.54, 1.807) is 43.3 Å². The number of carbonyl (C=O) groups excluding carboxylic acids is 3. The lowest BCUT2D eigenvalue weighted by Crippen LogP contribution is -2.62. The van der Waals surface area contributed by atoms with Crippen molar-refractivity contribution in [3.63, 3.8) is 0 Å². The van der Waals surface area contributed by atoms with Gasteiger partial charge in [-0.3, -0.25) is 23.7 Å². The van der Waals surface area contributed by atoms with E-state index in [4.69, 9.17) is 31.2 Å². The first-order valence-electron chi connectivity index (χ1n) is 12.4. The Bertz CT molecular complexity index is 1560. The standard InChI is InChI=1S/C27H27BrN4O8S/c1-13-29-21-10-5-17(28)11-20(21)26(36)32(13)19-8-6-18(7-9-19)30-27(41)31-25-24(40-16(4)35)23(39-15(3)34)22(12-37-25)38-14(2)33/h5-11,22-25H,12H2,1-4H3,(H2,30,31,41)/t22-,23+,24-,25-/m1/s1. The van der Waals surface area contributed by atoms with E-state index in [-0.39, 0.29) is 17.3 Å². The van der Waals surface area contributed by atoms with E-state index < -0.39 is 42.4 Å². The number of ether oxygens (including phenoxy) is 4. The number of hydrogen-bond donors (Lipinski definition) is 2. The number of nitrogens with zero attached hydrogens (tertiary/aromatic N) is 2. The van der Waals surface area contributed by atoms with Gasteiger partial charge in [-0.2, -0.15) is 0 Å². The second kappa shape index (κ2) is 12.7. The molecule has 2 heterocycles. The van der Waals surface area contributed by atoms with Gasteiger partial charge in [0.25, 0.3) is 5.56 Å². The van der Waals surface area contributed by atoms with Crippen molar-refractivity contribution in [3.05, 3.63) is 63.1 Å². The molecule has 0 amide bonds. The summed E-state index contributed by atoms with van der Waals surface area (Å²) in [5.74, 6) is -1.41. The number of esters is 3. The van der Waals surface area contributed by atoms with Crippen LogP contribution in [0, 0.1) is 6.92 Å². The number of rotatable bonds is 6. The fourth-order valence-electron chi connectivity index (χ4n) is 4.43. The van der Waals surface area contributed by atoms with Crippen molar-refractivity contribution in [1.82, 2.24) is 14.9 Å². The van der Waals surface area contributed by atoms with Crippen LogP contribution in [0.3, 0.4) is 0 Å². The number of hydrogen-bond acceptors (Lipinski definition) is 10. The molecule has 12 nitrogen and oxygen atoms in total. The van der Waals surface area contributed by atoms with E-state index in [1.807, 2.05) is 6.07 Å². The largest absolute Gasteiger partial charge is 0.456 e. The maximum Gasteiger partial charge on any atom is 0.303 e. The summed E-state index contributed by atoms with van der Waals surface area (Å²) < 4.78 is 24.0. The number of fused-ring (bicyclic) bond motifs is 1. The number of aryl methyl sites for hydroxylation is 1. The molecule has 2 N–H and O–H groups in total. The van der Waals surface area contributed by atoms with Crippen LogP contribution in [0.5, 0.6) is 0 Å². The van der Waals surface area contributed by atoms with Crippen molar-refractivity contribution < 1.29 is 33.3 Å². The maximum absolute atomic E-state index is 13.2. The van der Waals surface area contributed by atoms with Gasteiger partial charge in [-0.1, -0.05) is 15.9 Å². The summed E-state index contributed by atoms with van der Waals surface area (Å²) in [4.78, 5) is 52.9. The van der Waals surface area contributed by atoms with Crippen LogP contribution in [0.25, 0.3) is 16.6 Å². The third-order valence-electron chi connectivity index (χ3n) is 6.00. The van der Waals surface area contributed by atoms with Gasteiger partial charge in [0.2, 0.25) is 0 Å². The van der Waals surface area contributed by atoms with Crippen LogP contribution in [0.15, 0.2) is 51.7 Å². The third-order valence-corrected chi connectivity index (χ3v) is 6.72. The number of benzene rings is 2. The highest BCUT2D eigenvalue weighted by atomic mass is 79.9. The van der Waals surface area contributed by atoms with Crippen molar-refractivity contribution in [3.8, 4) is 5.69 Å². The third kappa shape index (κ3) is 7.26. The lowest BCUT2D eigenvalue weighted by atomic mass is 10.0. The summed E-state index contributed by atoms with van der Waals surface area (Å²) in [7, 11) is 0. The fraction of sp³-hybridized carbons (Fsp3) is 0.333. The van der Waals surface area contributed by atoms with Crippen LogP contribution in [0.1, 0.15) is 26.6 Å². The molecule has 0 unspecified atom stereocenters. The summed E-state index contributed by atoms with van der Waals surface area (Å²) >= 11 is 8.83. The zero-order valence-electron chi connectivity index (χ0n) is 22.5. The number of nitrogens with one attached hydrogen (secondary N) is 2. The average molecular weight is 648 g/mol. The van der Waals surface area contributed by atoms with Crippen molar-refractivity contribution in [2.45, 2.75) is 52.2 Å². The van der Waals surface area contributed by atoms with Gasteiger partial charge in [-0.05, 0) is 61.6 Å². The molecule has 4 atom stereocenters. The van der Waals surface area contributed by atoms with Crippen molar-refractivity contribution in [1.29, 1.82) is 0 Å². The number of aromatic nitrogens is 2. The van der Waals surface area contributed by atoms with Gasteiger partial charge in [0, 0.05) is 30.9 Å². The Balaban J connectivity index is 1.50. The number of carbonyl (C=O) groups is 3. The highest BCUT2D eigenvalue weighted by Crippen LogP contribution is 2.24. The first kappa shape index (κ1) is 30.1. The van der Waals surface area contributed by atoms with Gasteiger partial charge in [-0.25, -0.2) is 4.98 Å². The van der Waals surface area contributed by atoms with E-state index >= 15 is 0 Å². The molecule has 0 radical (unpaired) electrons. The zero-order valence-corrected chi connectivity index (χ0v) is 24.9. The average Bonchev–Trinajstić information content (AvgIpc) is 2.88. The van der Waals surface area contributed by atoms with Crippen LogP contribution in [0.2, 0.25) is 0 Å². The van der Waals surface area contributed by atoms with Gasteiger partial charge in [0.05, 0.1) is 23.2 Å². The molecule has 1 aromatic heterocycles. The van der Waals surface area contributed by atoms with Crippen LogP contribution in [0.4, 0.5) is 5.69 Å². The topological polar surface area (TPSA) is 147 Å². The van der Waals surface area contributed by atoms with Crippen LogP contribution < -0.4 is 16.2 Å². The molecule has 14 heteroatoms. The highest BCUT2D eigenvalue weighted by molar-refractivity contribution is 9.10. The molecule has 216 valence electrons. The molecule has 1 saturated heterocycles. The van der Waals surface area contributed by atoms with E-state index in [1.165, 1.54) is 25.3 Å². The van der Waals surface area contributed by atoms with Gasteiger partial charge >= 0.3 is 17.9 Å². The predicted molar refractivity (Wildman–Crippen MR) is 156 cm³/mol. The Morgan fingerprint density at radius 3 is 2.27 bits per heavy atom. The van der Waals surface area contributed by atoms with E-state index in [9.17, 15) is 19.2 Å². The number of anilines is 1.